The molecule has 0 aliphatic carbocycles. The number of esters is 1. The van der Waals surface area contributed by atoms with E-state index in [2.05, 4.69) is 13.8 Å². The monoisotopic (exact) mass is 206 g/mol. The number of carbonyl (C=O) groups is 1. The van der Waals surface area contributed by atoms with Crippen LogP contribution in [-0.2, 0) is 4.79 Å². The average Bonchev–Trinajstić information content (AvgIpc) is 2.18. The number of hydrogen-bond acceptors (Lipinski definition) is 2. The number of carbonyl (C=O) groups excluding carboxylic acids is 1. The molecule has 1 aromatic carbocycles. The molecule has 0 fully saturated rings. The maximum atomic E-state index is 11.3. The van der Waals surface area contributed by atoms with E-state index in [-0.39, 0.29) is 5.97 Å². The van der Waals surface area contributed by atoms with Crippen LogP contribution in [0.15, 0.2) is 24.3 Å². The highest BCUT2D eigenvalue weighted by Gasteiger charge is 2.05. The molecule has 2 heteroatoms. The van der Waals surface area contributed by atoms with E-state index in [1.807, 2.05) is 31.2 Å². The van der Waals surface area contributed by atoms with Gasteiger partial charge in [-0.2, -0.15) is 0 Å². The Labute approximate surface area is 91.3 Å². The lowest BCUT2D eigenvalue weighted by atomic mass is 10.0. The van der Waals surface area contributed by atoms with Gasteiger partial charge in [-0.1, -0.05) is 32.9 Å². The second-order valence-electron chi connectivity index (χ2n) is 3.95. The molecule has 0 bridgehead atoms. The van der Waals surface area contributed by atoms with Crippen molar-refractivity contribution in [2.45, 2.75) is 39.5 Å². The molecule has 0 N–H and O–H groups in total. The smallest absolute Gasteiger partial charge is 0.311 e. The maximum Gasteiger partial charge on any atom is 0.311 e. The van der Waals surface area contributed by atoms with Crippen LogP contribution in [0, 0.1) is 0 Å². The summed E-state index contributed by atoms with van der Waals surface area (Å²) in [5.74, 6) is 0.952. The van der Waals surface area contributed by atoms with Gasteiger partial charge < -0.3 is 4.74 Å². The Morgan fingerprint density at radius 1 is 1.40 bits per heavy atom. The maximum absolute atomic E-state index is 11.3. The first-order valence-electron chi connectivity index (χ1n) is 5.44. The van der Waals surface area contributed by atoms with Crippen LogP contribution in [0.5, 0.6) is 5.75 Å². The largest absolute Gasteiger partial charge is 0.427 e. The van der Waals surface area contributed by atoms with E-state index in [0.29, 0.717) is 18.1 Å². The van der Waals surface area contributed by atoms with Crippen molar-refractivity contribution >= 4 is 5.97 Å². The molecule has 0 heterocycles. The van der Waals surface area contributed by atoms with Crippen molar-refractivity contribution in [1.82, 2.24) is 0 Å². The van der Waals surface area contributed by atoms with Crippen molar-refractivity contribution in [1.29, 1.82) is 0 Å². The van der Waals surface area contributed by atoms with Crippen LogP contribution in [0.4, 0.5) is 0 Å². The van der Waals surface area contributed by atoms with Gasteiger partial charge in [0.1, 0.15) is 5.75 Å². The van der Waals surface area contributed by atoms with E-state index in [9.17, 15) is 4.79 Å². The van der Waals surface area contributed by atoms with Gasteiger partial charge >= 0.3 is 5.97 Å². The Hall–Kier alpha value is -1.31. The summed E-state index contributed by atoms with van der Waals surface area (Å²) in [7, 11) is 0. The Morgan fingerprint density at radius 2 is 2.13 bits per heavy atom. The van der Waals surface area contributed by atoms with E-state index >= 15 is 0 Å². The van der Waals surface area contributed by atoms with Gasteiger partial charge in [-0.25, -0.2) is 0 Å². The third kappa shape index (κ3) is 3.74. The predicted octanol–water partition coefficient (Wildman–Crippen LogP) is 3.52. The number of rotatable bonds is 4. The molecule has 0 aliphatic heterocycles. The summed E-state index contributed by atoms with van der Waals surface area (Å²) in [6.07, 6.45) is 1.30. The fourth-order valence-electron chi connectivity index (χ4n) is 1.32. The summed E-state index contributed by atoms with van der Waals surface area (Å²) in [5.41, 5.74) is 1.19. The normalized spacial score (nSPS) is 10.4. The van der Waals surface area contributed by atoms with E-state index < -0.39 is 0 Å². The first-order valence-corrected chi connectivity index (χ1v) is 5.44. The average molecular weight is 206 g/mol. The molecule has 0 aromatic heterocycles. The van der Waals surface area contributed by atoms with Gasteiger partial charge in [-0.05, 0) is 30.0 Å². The van der Waals surface area contributed by atoms with Gasteiger partial charge in [0, 0.05) is 6.42 Å². The molecule has 0 atom stereocenters. The summed E-state index contributed by atoms with van der Waals surface area (Å²) in [4.78, 5) is 11.3. The second kappa shape index (κ2) is 5.54. The standard InChI is InChI=1S/C13H18O2/c1-4-6-13(14)15-12-8-5-7-11(9-12)10(2)3/h5,7-10H,4,6H2,1-3H3. The fraction of sp³-hybridized carbons (Fsp3) is 0.462. The highest BCUT2D eigenvalue weighted by Crippen LogP contribution is 2.20. The molecule has 1 rings (SSSR count). The van der Waals surface area contributed by atoms with Crippen LogP contribution in [0.3, 0.4) is 0 Å². The SMILES string of the molecule is CCCC(=O)Oc1cccc(C(C)C)c1. The molecule has 0 unspecified atom stereocenters. The topological polar surface area (TPSA) is 26.3 Å². The van der Waals surface area contributed by atoms with Gasteiger partial charge in [0.15, 0.2) is 0 Å². The molecule has 2 nitrogen and oxygen atoms in total. The van der Waals surface area contributed by atoms with Crippen molar-refractivity contribution in [2.75, 3.05) is 0 Å². The van der Waals surface area contributed by atoms with E-state index in [4.69, 9.17) is 4.74 Å². The van der Waals surface area contributed by atoms with Gasteiger partial charge in [0.2, 0.25) is 0 Å². The molecule has 15 heavy (non-hydrogen) atoms. The van der Waals surface area contributed by atoms with Crippen molar-refractivity contribution in [2.24, 2.45) is 0 Å². The zero-order valence-corrected chi connectivity index (χ0v) is 9.62. The third-order valence-electron chi connectivity index (χ3n) is 2.21. The first-order chi connectivity index (χ1) is 7.13. The minimum Gasteiger partial charge on any atom is -0.427 e. The van der Waals surface area contributed by atoms with Crippen LogP contribution >= 0.6 is 0 Å². The molecule has 0 saturated carbocycles. The third-order valence-corrected chi connectivity index (χ3v) is 2.21. The molecule has 82 valence electrons. The first kappa shape index (κ1) is 11.8. The van der Waals surface area contributed by atoms with Crippen LogP contribution in [0.25, 0.3) is 0 Å². The van der Waals surface area contributed by atoms with Crippen LogP contribution in [0.2, 0.25) is 0 Å². The van der Waals surface area contributed by atoms with Crippen LogP contribution < -0.4 is 4.74 Å². The van der Waals surface area contributed by atoms with Gasteiger partial charge in [0.25, 0.3) is 0 Å². The highest BCUT2D eigenvalue weighted by atomic mass is 16.5. The minimum absolute atomic E-state index is 0.154. The van der Waals surface area contributed by atoms with Crippen molar-refractivity contribution in [3.63, 3.8) is 0 Å². The molecule has 0 aliphatic rings. The molecule has 0 amide bonds. The van der Waals surface area contributed by atoms with Gasteiger partial charge in [-0.15, -0.1) is 0 Å². The van der Waals surface area contributed by atoms with Crippen molar-refractivity contribution in [3.8, 4) is 5.75 Å². The molecule has 0 radical (unpaired) electrons. The molecule has 0 saturated heterocycles. The van der Waals surface area contributed by atoms with E-state index in [0.717, 1.165) is 6.42 Å². The Balaban J connectivity index is 2.69. The second-order valence-corrected chi connectivity index (χ2v) is 3.95. The lowest BCUT2D eigenvalue weighted by molar-refractivity contribution is -0.134. The molecular weight excluding hydrogens is 188 g/mol. The Kier molecular flexibility index (Phi) is 4.35. The predicted molar refractivity (Wildman–Crippen MR) is 61.1 cm³/mol. The number of hydrogen-bond donors (Lipinski definition) is 0. The molecule has 1 aromatic rings. The van der Waals surface area contributed by atoms with Gasteiger partial charge in [0.05, 0.1) is 0 Å². The number of ether oxygens (including phenoxy) is 1. The quantitative estimate of drug-likeness (QED) is 0.556. The lowest BCUT2D eigenvalue weighted by Gasteiger charge is -2.08. The number of benzene rings is 1. The highest BCUT2D eigenvalue weighted by molar-refractivity contribution is 5.72. The van der Waals surface area contributed by atoms with Crippen molar-refractivity contribution in [3.05, 3.63) is 29.8 Å². The van der Waals surface area contributed by atoms with Crippen molar-refractivity contribution < 1.29 is 9.53 Å². The zero-order valence-electron chi connectivity index (χ0n) is 9.62. The minimum atomic E-state index is -0.154. The summed E-state index contributed by atoms with van der Waals surface area (Å²) >= 11 is 0. The molecular formula is C13H18O2. The fourth-order valence-corrected chi connectivity index (χ4v) is 1.32. The van der Waals surface area contributed by atoms with Crippen LogP contribution in [0.1, 0.15) is 45.1 Å². The van der Waals surface area contributed by atoms with E-state index in [1.54, 1.807) is 0 Å². The summed E-state index contributed by atoms with van der Waals surface area (Å²) in [5, 5.41) is 0. The summed E-state index contributed by atoms with van der Waals surface area (Å²) in [6, 6.07) is 7.71. The summed E-state index contributed by atoms with van der Waals surface area (Å²) < 4.78 is 5.21. The van der Waals surface area contributed by atoms with Crippen LogP contribution in [-0.4, -0.2) is 5.97 Å². The Bertz CT molecular complexity index is 329. The van der Waals surface area contributed by atoms with E-state index in [1.165, 1.54) is 5.56 Å². The van der Waals surface area contributed by atoms with Gasteiger partial charge in [-0.3, -0.25) is 4.79 Å². The summed E-state index contributed by atoms with van der Waals surface area (Å²) in [6.45, 7) is 6.20. The molecule has 0 spiro atoms. The Morgan fingerprint density at radius 3 is 2.73 bits per heavy atom. The zero-order chi connectivity index (χ0) is 11.3. The lowest BCUT2D eigenvalue weighted by Crippen LogP contribution is -2.07.